The van der Waals surface area contributed by atoms with Gasteiger partial charge in [-0.1, -0.05) is 67.3 Å². The lowest BCUT2D eigenvalue weighted by Gasteiger charge is -2.20. The molecule has 0 fully saturated rings. The molecule has 0 atom stereocenters. The quantitative estimate of drug-likeness (QED) is 0.0562. The highest BCUT2D eigenvalue weighted by atomic mass is 32.2. The van der Waals surface area contributed by atoms with Crippen molar-refractivity contribution < 1.29 is 14.4 Å². The fraction of sp³-hybridized carbons (Fsp3) is 0.294. The molecule has 0 bridgehead atoms. The lowest BCUT2D eigenvalue weighted by Crippen LogP contribution is -2.24. The van der Waals surface area contributed by atoms with E-state index in [1.807, 2.05) is 80.9 Å². The molecule has 0 spiro atoms. The summed E-state index contributed by atoms with van der Waals surface area (Å²) >= 11 is 1.63. The Morgan fingerprint density at radius 3 is 2.40 bits per heavy atom. The SMILES string of the molecule is CSN(C)c1ccccc1Nc1nc(Nc2ccc(C(=O)NCCCCCCC(=O)NOCc3ccccc3)cc2)ncc1C. The van der Waals surface area contributed by atoms with E-state index >= 15 is 0 Å². The van der Waals surface area contributed by atoms with Gasteiger partial charge < -0.3 is 20.3 Å². The van der Waals surface area contributed by atoms with Crippen LogP contribution >= 0.6 is 11.9 Å². The second kappa shape index (κ2) is 17.6. The number of rotatable bonds is 17. The van der Waals surface area contributed by atoms with E-state index in [2.05, 4.69) is 41.8 Å². The molecule has 4 aromatic rings. The number of carbonyl (C=O) groups is 2. The smallest absolute Gasteiger partial charge is 0.251 e. The van der Waals surface area contributed by atoms with E-state index in [0.717, 1.165) is 53.9 Å². The summed E-state index contributed by atoms with van der Waals surface area (Å²) in [5.74, 6) is 0.918. The van der Waals surface area contributed by atoms with E-state index in [1.165, 1.54) is 0 Å². The molecular formula is C34H41N7O3S. The number of aromatic nitrogens is 2. The van der Waals surface area contributed by atoms with Gasteiger partial charge in [0, 0.05) is 49.3 Å². The highest BCUT2D eigenvalue weighted by molar-refractivity contribution is 7.99. The minimum Gasteiger partial charge on any atom is -0.352 e. The van der Waals surface area contributed by atoms with Gasteiger partial charge in [0.2, 0.25) is 11.9 Å². The fourth-order valence-corrected chi connectivity index (χ4v) is 4.79. The van der Waals surface area contributed by atoms with Crippen LogP contribution in [0.25, 0.3) is 0 Å². The van der Waals surface area contributed by atoms with Crippen molar-refractivity contribution in [1.82, 2.24) is 20.8 Å². The molecule has 236 valence electrons. The zero-order valence-corrected chi connectivity index (χ0v) is 26.8. The number of anilines is 5. The maximum atomic E-state index is 12.6. The molecule has 1 aromatic heterocycles. The summed E-state index contributed by atoms with van der Waals surface area (Å²) in [5, 5.41) is 9.63. The van der Waals surface area contributed by atoms with Gasteiger partial charge in [-0.15, -0.1) is 0 Å². The molecule has 4 N–H and O–H groups in total. The van der Waals surface area contributed by atoms with Crippen LogP contribution in [-0.4, -0.2) is 41.6 Å². The predicted octanol–water partition coefficient (Wildman–Crippen LogP) is 6.91. The van der Waals surface area contributed by atoms with Crippen molar-refractivity contribution in [3.63, 3.8) is 0 Å². The number of nitrogens with one attached hydrogen (secondary N) is 4. The van der Waals surface area contributed by atoms with Gasteiger partial charge in [0.05, 0.1) is 18.0 Å². The van der Waals surface area contributed by atoms with E-state index in [0.29, 0.717) is 36.9 Å². The van der Waals surface area contributed by atoms with Gasteiger partial charge in [-0.3, -0.25) is 14.4 Å². The summed E-state index contributed by atoms with van der Waals surface area (Å²) in [7, 11) is 2.02. The number of benzene rings is 3. The Hall–Kier alpha value is -4.61. The molecular weight excluding hydrogens is 586 g/mol. The Morgan fingerprint density at radius 2 is 1.62 bits per heavy atom. The fourth-order valence-electron chi connectivity index (χ4n) is 4.44. The number of carbonyl (C=O) groups excluding carboxylic acids is 2. The monoisotopic (exact) mass is 627 g/mol. The van der Waals surface area contributed by atoms with Crippen molar-refractivity contribution in [2.45, 2.75) is 45.6 Å². The van der Waals surface area contributed by atoms with Crippen molar-refractivity contribution >= 4 is 52.6 Å². The van der Waals surface area contributed by atoms with Gasteiger partial charge in [-0.25, -0.2) is 10.5 Å². The summed E-state index contributed by atoms with van der Waals surface area (Å²) in [5.41, 5.74) is 7.77. The first-order valence-electron chi connectivity index (χ1n) is 15.0. The van der Waals surface area contributed by atoms with Gasteiger partial charge in [0.25, 0.3) is 5.91 Å². The van der Waals surface area contributed by atoms with Gasteiger partial charge in [0.1, 0.15) is 5.82 Å². The summed E-state index contributed by atoms with van der Waals surface area (Å²) in [6.45, 7) is 2.88. The average molecular weight is 628 g/mol. The zero-order valence-electron chi connectivity index (χ0n) is 26.0. The largest absolute Gasteiger partial charge is 0.352 e. The molecule has 0 saturated heterocycles. The predicted molar refractivity (Wildman–Crippen MR) is 183 cm³/mol. The molecule has 4 rings (SSSR count). The molecule has 45 heavy (non-hydrogen) atoms. The van der Waals surface area contributed by atoms with Crippen LogP contribution in [-0.2, 0) is 16.2 Å². The van der Waals surface area contributed by atoms with E-state index in [-0.39, 0.29) is 11.8 Å². The number of hydrogen-bond donors (Lipinski definition) is 4. The van der Waals surface area contributed by atoms with Crippen LogP contribution in [0.5, 0.6) is 0 Å². The van der Waals surface area contributed by atoms with Crippen LogP contribution in [0.4, 0.5) is 28.8 Å². The Labute approximate surface area is 269 Å². The number of unbranched alkanes of at least 4 members (excludes halogenated alkanes) is 3. The first kappa shape index (κ1) is 33.3. The molecule has 1 heterocycles. The minimum absolute atomic E-state index is 0.122. The van der Waals surface area contributed by atoms with Gasteiger partial charge in [-0.2, -0.15) is 4.98 Å². The first-order valence-corrected chi connectivity index (χ1v) is 16.2. The Kier molecular flexibility index (Phi) is 13.0. The molecule has 0 unspecified atom stereocenters. The van der Waals surface area contributed by atoms with Gasteiger partial charge in [0.15, 0.2) is 0 Å². The van der Waals surface area contributed by atoms with Crippen LogP contribution in [0.15, 0.2) is 85.1 Å². The number of nitrogens with zero attached hydrogens (tertiary/aromatic N) is 3. The van der Waals surface area contributed by atoms with E-state index in [9.17, 15) is 9.59 Å². The molecule has 0 aliphatic carbocycles. The number of hydroxylamine groups is 1. The average Bonchev–Trinajstić information content (AvgIpc) is 3.06. The van der Waals surface area contributed by atoms with Crippen LogP contribution in [0.2, 0.25) is 0 Å². The molecule has 2 amide bonds. The van der Waals surface area contributed by atoms with Crippen LogP contribution in [0.1, 0.15) is 53.6 Å². The Balaban J connectivity index is 1.15. The number of aryl methyl sites for hydroxylation is 1. The van der Waals surface area contributed by atoms with Crippen molar-refractivity contribution in [1.29, 1.82) is 0 Å². The molecule has 10 nitrogen and oxygen atoms in total. The maximum absolute atomic E-state index is 12.6. The molecule has 0 radical (unpaired) electrons. The topological polar surface area (TPSA) is 121 Å². The Morgan fingerprint density at radius 1 is 0.889 bits per heavy atom. The maximum Gasteiger partial charge on any atom is 0.251 e. The van der Waals surface area contributed by atoms with E-state index in [4.69, 9.17) is 4.84 Å². The molecule has 0 aliphatic rings. The van der Waals surface area contributed by atoms with Crippen molar-refractivity contribution in [3.8, 4) is 0 Å². The third-order valence-corrected chi connectivity index (χ3v) is 7.77. The first-order chi connectivity index (χ1) is 21.9. The highest BCUT2D eigenvalue weighted by Gasteiger charge is 2.11. The molecule has 0 aliphatic heterocycles. The standard InChI is InChI=1S/C34H41N7O3S/c1-25-23-36-34(39-32(25)38-29-15-10-11-16-30(29)41(2)45-3)37-28-20-18-27(19-21-28)33(43)35-22-12-5-4-9-17-31(42)40-44-24-26-13-7-6-8-14-26/h6-8,10-11,13-16,18-21,23H,4-5,9,12,17,22,24H2,1-3H3,(H,35,43)(H,40,42)(H2,36,37,38,39). The molecule has 0 saturated carbocycles. The lowest BCUT2D eigenvalue weighted by molar-refractivity contribution is -0.134. The highest BCUT2D eigenvalue weighted by Crippen LogP contribution is 2.31. The zero-order chi connectivity index (χ0) is 31.9. The summed E-state index contributed by atoms with van der Waals surface area (Å²) in [4.78, 5) is 38.9. The van der Waals surface area contributed by atoms with Crippen molar-refractivity contribution in [2.75, 3.05) is 34.8 Å². The normalized spacial score (nSPS) is 10.6. The second-order valence-electron chi connectivity index (χ2n) is 10.5. The van der Waals surface area contributed by atoms with Gasteiger partial charge >= 0.3 is 0 Å². The third-order valence-electron chi connectivity index (χ3n) is 7.03. The van der Waals surface area contributed by atoms with Crippen molar-refractivity contribution in [3.05, 3.63) is 102 Å². The van der Waals surface area contributed by atoms with Crippen LogP contribution in [0.3, 0.4) is 0 Å². The Bertz CT molecular complexity index is 1520. The summed E-state index contributed by atoms with van der Waals surface area (Å²) in [6, 6.07) is 25.0. The van der Waals surface area contributed by atoms with Crippen LogP contribution in [0, 0.1) is 6.92 Å². The second-order valence-corrected chi connectivity index (χ2v) is 11.4. The minimum atomic E-state index is -0.122. The third kappa shape index (κ3) is 10.8. The summed E-state index contributed by atoms with van der Waals surface area (Å²) < 4.78 is 2.09. The molecule has 11 heteroatoms. The summed E-state index contributed by atoms with van der Waals surface area (Å²) in [6.07, 6.45) is 7.66. The number of para-hydroxylation sites is 2. The van der Waals surface area contributed by atoms with E-state index < -0.39 is 0 Å². The van der Waals surface area contributed by atoms with Crippen molar-refractivity contribution in [2.24, 2.45) is 0 Å². The molecule has 3 aromatic carbocycles. The van der Waals surface area contributed by atoms with E-state index in [1.54, 1.807) is 30.3 Å². The van der Waals surface area contributed by atoms with Crippen LogP contribution < -0.4 is 25.7 Å². The lowest BCUT2D eigenvalue weighted by atomic mass is 10.1. The number of amides is 2. The van der Waals surface area contributed by atoms with Gasteiger partial charge in [-0.05, 0) is 61.7 Å². The number of hydrogen-bond acceptors (Lipinski definition) is 9.